The van der Waals surface area contributed by atoms with Gasteiger partial charge in [-0.25, -0.2) is 4.39 Å². The van der Waals surface area contributed by atoms with Crippen molar-refractivity contribution in [2.45, 2.75) is 40.3 Å². The smallest absolute Gasteiger partial charge is 0.239 e. The van der Waals surface area contributed by atoms with Crippen LogP contribution < -0.4 is 5.32 Å². The second-order valence-electron chi connectivity index (χ2n) is 8.33. The number of benzene rings is 2. The van der Waals surface area contributed by atoms with Crippen LogP contribution in [0.1, 0.15) is 46.9 Å². The van der Waals surface area contributed by atoms with Crippen molar-refractivity contribution in [2.24, 2.45) is 0 Å². The highest BCUT2D eigenvalue weighted by Crippen LogP contribution is 2.27. The Balaban J connectivity index is 1.80. The van der Waals surface area contributed by atoms with Crippen molar-refractivity contribution in [3.8, 4) is 12.1 Å². The van der Waals surface area contributed by atoms with Crippen molar-refractivity contribution in [3.05, 3.63) is 87.9 Å². The van der Waals surface area contributed by atoms with Crippen molar-refractivity contribution in [2.75, 3.05) is 18.4 Å². The molecule has 0 aliphatic rings. The average Bonchev–Trinajstić information content (AvgIpc) is 3.04. The van der Waals surface area contributed by atoms with E-state index in [-0.39, 0.29) is 18.3 Å². The number of anilines is 1. The monoisotopic (exact) mass is 457 g/mol. The van der Waals surface area contributed by atoms with Crippen molar-refractivity contribution in [3.63, 3.8) is 0 Å². The van der Waals surface area contributed by atoms with E-state index >= 15 is 0 Å². The van der Waals surface area contributed by atoms with Gasteiger partial charge in [-0.15, -0.1) is 0 Å². The molecule has 0 unspecified atom stereocenters. The fourth-order valence-corrected chi connectivity index (χ4v) is 3.95. The van der Waals surface area contributed by atoms with Crippen LogP contribution in [-0.2, 0) is 17.9 Å². The van der Waals surface area contributed by atoms with Crippen LogP contribution in [0.15, 0.2) is 48.5 Å². The van der Waals surface area contributed by atoms with E-state index in [1.807, 2.05) is 35.4 Å². The van der Waals surface area contributed by atoms with E-state index in [0.29, 0.717) is 30.0 Å². The maximum atomic E-state index is 13.3. The first-order valence-electron chi connectivity index (χ1n) is 11.2. The number of carbonyl (C=O) groups is 1. The third-order valence-corrected chi connectivity index (χ3v) is 5.85. The van der Waals surface area contributed by atoms with Gasteiger partial charge in [0.2, 0.25) is 5.91 Å². The van der Waals surface area contributed by atoms with E-state index in [9.17, 15) is 14.4 Å². The third kappa shape index (κ3) is 5.89. The lowest BCUT2D eigenvalue weighted by molar-refractivity contribution is -0.117. The summed E-state index contributed by atoms with van der Waals surface area (Å²) in [6, 6.07) is 17.9. The highest BCUT2D eigenvalue weighted by molar-refractivity contribution is 5.93. The quantitative estimate of drug-likeness (QED) is 0.496. The molecule has 0 radical (unpaired) electrons. The highest BCUT2D eigenvalue weighted by Gasteiger charge is 2.21. The Kier molecular flexibility index (Phi) is 8.19. The lowest BCUT2D eigenvalue weighted by atomic mass is 10.1. The van der Waals surface area contributed by atoms with E-state index in [1.54, 1.807) is 24.3 Å². The zero-order chi connectivity index (χ0) is 24.7. The molecule has 0 aliphatic heterocycles. The Bertz CT molecular complexity index is 1230. The van der Waals surface area contributed by atoms with Gasteiger partial charge >= 0.3 is 0 Å². The molecule has 0 fully saturated rings. The van der Waals surface area contributed by atoms with Gasteiger partial charge in [0.1, 0.15) is 17.7 Å². The van der Waals surface area contributed by atoms with Gasteiger partial charge in [-0.2, -0.15) is 10.5 Å². The molecule has 3 aromatic rings. The maximum Gasteiger partial charge on any atom is 0.239 e. The number of nitriles is 2. The maximum absolute atomic E-state index is 13.3. The Morgan fingerprint density at radius 2 is 1.68 bits per heavy atom. The molecule has 6 nitrogen and oxygen atoms in total. The van der Waals surface area contributed by atoms with Crippen LogP contribution in [-0.4, -0.2) is 28.5 Å². The zero-order valence-electron chi connectivity index (χ0n) is 19.7. The van der Waals surface area contributed by atoms with E-state index in [4.69, 9.17) is 5.26 Å². The molecule has 3 rings (SSSR count). The van der Waals surface area contributed by atoms with Crippen LogP contribution in [0.2, 0.25) is 0 Å². The molecule has 0 bridgehead atoms. The minimum absolute atomic E-state index is 0.165. The van der Waals surface area contributed by atoms with Gasteiger partial charge in [0.15, 0.2) is 0 Å². The van der Waals surface area contributed by atoms with E-state index in [0.717, 1.165) is 35.3 Å². The summed E-state index contributed by atoms with van der Waals surface area (Å²) < 4.78 is 15.2. The molecule has 0 aliphatic carbocycles. The van der Waals surface area contributed by atoms with Gasteiger partial charge in [-0.3, -0.25) is 9.69 Å². The molecule has 1 N–H and O–H groups in total. The predicted octanol–water partition coefficient (Wildman–Crippen LogP) is 4.89. The first-order valence-corrected chi connectivity index (χ1v) is 11.2. The zero-order valence-corrected chi connectivity index (χ0v) is 19.7. The van der Waals surface area contributed by atoms with Crippen molar-refractivity contribution in [1.82, 2.24) is 9.47 Å². The van der Waals surface area contributed by atoms with E-state index < -0.39 is 0 Å². The molecule has 7 heteroatoms. The Hall–Kier alpha value is -3.94. The Morgan fingerprint density at radius 1 is 1.03 bits per heavy atom. The first-order chi connectivity index (χ1) is 16.4. The van der Waals surface area contributed by atoms with Gasteiger partial charge in [0.05, 0.1) is 23.7 Å². The fraction of sp³-hybridized carbons (Fsp3) is 0.296. The van der Waals surface area contributed by atoms with Crippen molar-refractivity contribution in [1.29, 1.82) is 10.5 Å². The van der Waals surface area contributed by atoms with Crippen LogP contribution in [0.4, 0.5) is 10.2 Å². The number of nitrogens with one attached hydrogen (secondary N) is 1. The molecule has 1 heterocycles. The molecule has 0 saturated heterocycles. The van der Waals surface area contributed by atoms with Crippen LogP contribution >= 0.6 is 0 Å². The summed E-state index contributed by atoms with van der Waals surface area (Å²) in [5, 5.41) is 21.7. The number of hydrogen-bond acceptors (Lipinski definition) is 4. The molecule has 2 aromatic carbocycles. The second kappa shape index (κ2) is 11.3. The molecule has 1 amide bonds. The molecular formula is C27H28FN5O. The van der Waals surface area contributed by atoms with Crippen LogP contribution in [0, 0.1) is 42.3 Å². The number of amides is 1. The SMILES string of the molecule is CCCN(CC(=O)Nc1c(C#N)c(C)c(C)n1Cc1ccc(F)cc1)Cc1ccc(C#N)cc1. The van der Waals surface area contributed by atoms with Gasteiger partial charge in [-0.1, -0.05) is 31.2 Å². The predicted molar refractivity (Wildman–Crippen MR) is 129 cm³/mol. The highest BCUT2D eigenvalue weighted by atomic mass is 19.1. The van der Waals surface area contributed by atoms with Gasteiger partial charge < -0.3 is 9.88 Å². The Morgan fingerprint density at radius 3 is 2.26 bits per heavy atom. The molecular weight excluding hydrogens is 429 g/mol. The third-order valence-electron chi connectivity index (χ3n) is 5.85. The number of rotatable bonds is 9. The average molecular weight is 458 g/mol. The number of carbonyl (C=O) groups excluding carboxylic acids is 1. The topological polar surface area (TPSA) is 84.8 Å². The summed E-state index contributed by atoms with van der Waals surface area (Å²) in [6.45, 7) is 7.70. The van der Waals surface area contributed by atoms with Gasteiger partial charge in [0, 0.05) is 18.8 Å². The lowest BCUT2D eigenvalue weighted by Gasteiger charge is -2.22. The Labute approximate surface area is 199 Å². The summed E-state index contributed by atoms with van der Waals surface area (Å²) in [4.78, 5) is 15.1. The number of hydrogen-bond donors (Lipinski definition) is 1. The normalized spacial score (nSPS) is 10.7. The van der Waals surface area contributed by atoms with E-state index in [1.165, 1.54) is 12.1 Å². The van der Waals surface area contributed by atoms with Crippen molar-refractivity contribution < 1.29 is 9.18 Å². The van der Waals surface area contributed by atoms with Crippen LogP contribution in [0.25, 0.3) is 0 Å². The molecule has 0 spiro atoms. The largest absolute Gasteiger partial charge is 0.326 e. The fourth-order valence-electron chi connectivity index (χ4n) is 3.95. The molecule has 34 heavy (non-hydrogen) atoms. The van der Waals surface area contributed by atoms with Crippen LogP contribution in [0.5, 0.6) is 0 Å². The van der Waals surface area contributed by atoms with Crippen LogP contribution in [0.3, 0.4) is 0 Å². The summed E-state index contributed by atoms with van der Waals surface area (Å²) in [6.07, 6.45) is 0.881. The number of aromatic nitrogens is 1. The summed E-state index contributed by atoms with van der Waals surface area (Å²) in [5.41, 5.74) is 4.60. The molecule has 0 atom stereocenters. The summed E-state index contributed by atoms with van der Waals surface area (Å²) >= 11 is 0. The van der Waals surface area contributed by atoms with Gasteiger partial charge in [0.25, 0.3) is 0 Å². The lowest BCUT2D eigenvalue weighted by Crippen LogP contribution is -2.34. The number of nitrogens with zero attached hydrogens (tertiary/aromatic N) is 4. The first kappa shape index (κ1) is 24.7. The van der Waals surface area contributed by atoms with Gasteiger partial charge in [-0.05, 0) is 67.8 Å². The minimum Gasteiger partial charge on any atom is -0.326 e. The summed E-state index contributed by atoms with van der Waals surface area (Å²) in [7, 11) is 0. The van der Waals surface area contributed by atoms with E-state index in [2.05, 4.69) is 24.4 Å². The summed E-state index contributed by atoms with van der Waals surface area (Å²) in [5.74, 6) is -0.0632. The number of halogens is 1. The molecule has 174 valence electrons. The standard InChI is InChI=1S/C27H28FN5O/c1-4-13-32(16-22-7-5-21(14-29)6-8-22)18-26(34)31-27-25(15-30)19(2)20(3)33(27)17-23-9-11-24(28)12-10-23/h5-12H,4,13,16-18H2,1-3H3,(H,31,34). The molecule has 0 saturated carbocycles. The van der Waals surface area contributed by atoms with Crippen molar-refractivity contribution >= 4 is 11.7 Å². The second-order valence-corrected chi connectivity index (χ2v) is 8.33. The molecule has 1 aromatic heterocycles. The minimum atomic E-state index is -0.311.